The van der Waals surface area contributed by atoms with E-state index in [4.69, 9.17) is 9.47 Å². The van der Waals surface area contributed by atoms with Crippen LogP contribution in [-0.2, 0) is 11.2 Å². The molecule has 0 saturated carbocycles. The molecule has 0 aromatic heterocycles. The van der Waals surface area contributed by atoms with E-state index in [1.54, 1.807) is 6.07 Å². The van der Waals surface area contributed by atoms with Crippen LogP contribution < -0.4 is 4.74 Å². The summed E-state index contributed by atoms with van der Waals surface area (Å²) in [6, 6.07) is 11.8. The summed E-state index contributed by atoms with van der Waals surface area (Å²) in [7, 11) is 1.39. The highest BCUT2D eigenvalue weighted by molar-refractivity contribution is 5.92. The van der Waals surface area contributed by atoms with Gasteiger partial charge in [0, 0.05) is 12.0 Å². The topological polar surface area (TPSA) is 35.5 Å². The van der Waals surface area contributed by atoms with E-state index < -0.39 is 0 Å². The molecule has 0 radical (unpaired) electrons. The van der Waals surface area contributed by atoms with Gasteiger partial charge >= 0.3 is 5.97 Å². The lowest BCUT2D eigenvalue weighted by Gasteiger charge is -2.10. The van der Waals surface area contributed by atoms with Crippen molar-refractivity contribution in [2.24, 2.45) is 0 Å². The summed E-state index contributed by atoms with van der Waals surface area (Å²) in [6.07, 6.45) is 0.874. The highest BCUT2D eigenvalue weighted by atomic mass is 16.5. The lowest BCUT2D eigenvalue weighted by molar-refractivity contribution is 0.0601. The first-order chi connectivity index (χ1) is 9.69. The second kappa shape index (κ2) is 5.00. The normalized spacial score (nSPS) is 12.7. The third-order valence-corrected chi connectivity index (χ3v) is 3.58. The lowest BCUT2D eigenvalue weighted by Crippen LogP contribution is -2.02. The molecule has 0 fully saturated rings. The summed E-state index contributed by atoms with van der Waals surface area (Å²) in [6.45, 7) is 2.73. The van der Waals surface area contributed by atoms with Crippen molar-refractivity contribution in [3.63, 3.8) is 0 Å². The third kappa shape index (κ3) is 2.16. The third-order valence-electron chi connectivity index (χ3n) is 3.58. The molecule has 102 valence electrons. The Morgan fingerprint density at radius 3 is 2.80 bits per heavy atom. The second-order valence-electron chi connectivity index (χ2n) is 4.96. The Morgan fingerprint density at radius 1 is 1.15 bits per heavy atom. The van der Waals surface area contributed by atoms with E-state index in [1.807, 2.05) is 12.1 Å². The molecule has 2 aromatic rings. The monoisotopic (exact) mass is 268 g/mol. The van der Waals surface area contributed by atoms with Crippen molar-refractivity contribution < 1.29 is 14.3 Å². The van der Waals surface area contributed by atoms with Gasteiger partial charge in [0.1, 0.15) is 5.75 Å². The van der Waals surface area contributed by atoms with Gasteiger partial charge in [0.05, 0.1) is 19.3 Å². The average Bonchev–Trinajstić information content (AvgIpc) is 2.64. The maximum Gasteiger partial charge on any atom is 0.337 e. The molecule has 1 heterocycles. The molecule has 0 N–H and O–H groups in total. The predicted molar refractivity (Wildman–Crippen MR) is 77.2 cm³/mol. The van der Waals surface area contributed by atoms with Gasteiger partial charge in [0.2, 0.25) is 0 Å². The smallest absolute Gasteiger partial charge is 0.337 e. The molecule has 3 nitrogen and oxygen atoms in total. The zero-order valence-electron chi connectivity index (χ0n) is 11.6. The fraction of sp³-hybridized carbons (Fsp3) is 0.235. The number of carbonyl (C=O) groups excluding carboxylic acids is 1. The van der Waals surface area contributed by atoms with Crippen LogP contribution in [0.3, 0.4) is 0 Å². The standard InChI is InChI=1S/C17H16O3/c1-11-3-5-14-12(9-11)7-8-20-16-6-4-13(10-15(14)16)17(18)19-2/h3-6,9-10H,7-8H2,1-2H3. The van der Waals surface area contributed by atoms with Crippen molar-refractivity contribution in [3.05, 3.63) is 53.1 Å². The molecular weight excluding hydrogens is 252 g/mol. The number of rotatable bonds is 1. The lowest BCUT2D eigenvalue weighted by atomic mass is 9.95. The highest BCUT2D eigenvalue weighted by Gasteiger charge is 2.17. The van der Waals surface area contributed by atoms with E-state index in [0.717, 1.165) is 23.3 Å². The molecule has 0 atom stereocenters. The fourth-order valence-corrected chi connectivity index (χ4v) is 2.57. The van der Waals surface area contributed by atoms with E-state index >= 15 is 0 Å². The summed E-state index contributed by atoms with van der Waals surface area (Å²) in [5.74, 6) is 0.492. The van der Waals surface area contributed by atoms with Crippen LogP contribution in [0.5, 0.6) is 5.75 Å². The van der Waals surface area contributed by atoms with Crippen LogP contribution in [0.4, 0.5) is 0 Å². The van der Waals surface area contributed by atoms with E-state index in [1.165, 1.54) is 18.2 Å². The Hall–Kier alpha value is -2.29. The van der Waals surface area contributed by atoms with Crippen LogP contribution in [-0.4, -0.2) is 19.7 Å². The first kappa shape index (κ1) is 12.7. The summed E-state index contributed by atoms with van der Waals surface area (Å²) < 4.78 is 10.6. The van der Waals surface area contributed by atoms with Crippen LogP contribution in [0.2, 0.25) is 0 Å². The van der Waals surface area contributed by atoms with Crippen molar-refractivity contribution >= 4 is 5.97 Å². The molecule has 0 saturated heterocycles. The summed E-state index contributed by atoms with van der Waals surface area (Å²) in [4.78, 5) is 11.7. The van der Waals surface area contributed by atoms with Gasteiger partial charge in [-0.05, 0) is 36.2 Å². The van der Waals surface area contributed by atoms with E-state index in [9.17, 15) is 4.79 Å². The first-order valence-electron chi connectivity index (χ1n) is 6.64. The number of esters is 1. The molecule has 0 bridgehead atoms. The minimum atomic E-state index is -0.328. The highest BCUT2D eigenvalue weighted by Crippen LogP contribution is 2.36. The molecule has 0 aliphatic carbocycles. The Morgan fingerprint density at radius 2 is 2.00 bits per heavy atom. The van der Waals surface area contributed by atoms with Gasteiger partial charge < -0.3 is 9.47 Å². The van der Waals surface area contributed by atoms with Gasteiger partial charge in [-0.15, -0.1) is 0 Å². The number of hydrogen-bond donors (Lipinski definition) is 0. The van der Waals surface area contributed by atoms with Crippen molar-refractivity contribution in [1.29, 1.82) is 0 Å². The van der Waals surface area contributed by atoms with E-state index in [2.05, 4.69) is 25.1 Å². The SMILES string of the molecule is COC(=O)c1ccc2c(c1)-c1ccc(C)cc1CCO2. The molecule has 1 aliphatic heterocycles. The molecule has 3 heteroatoms. The zero-order valence-corrected chi connectivity index (χ0v) is 11.6. The summed E-state index contributed by atoms with van der Waals surface area (Å²) >= 11 is 0. The van der Waals surface area contributed by atoms with Crippen LogP contribution in [0, 0.1) is 6.92 Å². The molecule has 3 rings (SSSR count). The summed E-state index contributed by atoms with van der Waals surface area (Å²) in [5.41, 5.74) is 5.12. The Labute approximate surface area is 118 Å². The number of hydrogen-bond acceptors (Lipinski definition) is 3. The Bertz CT molecular complexity index is 674. The number of aryl methyl sites for hydroxylation is 1. The molecular formula is C17H16O3. The van der Waals surface area contributed by atoms with Crippen molar-refractivity contribution in [1.82, 2.24) is 0 Å². The van der Waals surface area contributed by atoms with Gasteiger partial charge in [-0.1, -0.05) is 23.8 Å². The number of benzene rings is 2. The number of carbonyl (C=O) groups is 1. The molecule has 0 unspecified atom stereocenters. The largest absolute Gasteiger partial charge is 0.493 e. The van der Waals surface area contributed by atoms with Crippen molar-refractivity contribution in [2.75, 3.05) is 13.7 Å². The molecule has 20 heavy (non-hydrogen) atoms. The van der Waals surface area contributed by atoms with Crippen LogP contribution in [0.15, 0.2) is 36.4 Å². The number of fused-ring (bicyclic) bond motifs is 3. The number of ether oxygens (including phenoxy) is 2. The van der Waals surface area contributed by atoms with Crippen LogP contribution in [0.25, 0.3) is 11.1 Å². The van der Waals surface area contributed by atoms with Gasteiger partial charge in [0.25, 0.3) is 0 Å². The Kier molecular flexibility index (Phi) is 3.18. The van der Waals surface area contributed by atoms with Crippen molar-refractivity contribution in [2.45, 2.75) is 13.3 Å². The fourth-order valence-electron chi connectivity index (χ4n) is 2.57. The second-order valence-corrected chi connectivity index (χ2v) is 4.96. The first-order valence-corrected chi connectivity index (χ1v) is 6.64. The molecule has 1 aliphatic rings. The van der Waals surface area contributed by atoms with Gasteiger partial charge in [-0.3, -0.25) is 0 Å². The van der Waals surface area contributed by atoms with Gasteiger partial charge in [-0.25, -0.2) is 4.79 Å². The Balaban J connectivity index is 2.18. The van der Waals surface area contributed by atoms with Crippen molar-refractivity contribution in [3.8, 4) is 16.9 Å². The zero-order chi connectivity index (χ0) is 14.1. The molecule has 2 aromatic carbocycles. The number of methoxy groups -OCH3 is 1. The van der Waals surface area contributed by atoms with Gasteiger partial charge in [0.15, 0.2) is 0 Å². The molecule has 0 spiro atoms. The minimum absolute atomic E-state index is 0.328. The maximum absolute atomic E-state index is 11.7. The molecule has 0 amide bonds. The maximum atomic E-state index is 11.7. The van der Waals surface area contributed by atoms with E-state index in [-0.39, 0.29) is 5.97 Å². The van der Waals surface area contributed by atoms with Gasteiger partial charge in [-0.2, -0.15) is 0 Å². The quantitative estimate of drug-likeness (QED) is 0.744. The predicted octanol–water partition coefficient (Wildman–Crippen LogP) is 3.38. The van der Waals surface area contributed by atoms with Crippen LogP contribution >= 0.6 is 0 Å². The van der Waals surface area contributed by atoms with E-state index in [0.29, 0.717) is 12.2 Å². The summed E-state index contributed by atoms with van der Waals surface area (Å²) in [5, 5.41) is 0. The average molecular weight is 268 g/mol. The minimum Gasteiger partial charge on any atom is -0.493 e. The van der Waals surface area contributed by atoms with Crippen LogP contribution in [0.1, 0.15) is 21.5 Å².